The van der Waals surface area contributed by atoms with Crippen molar-refractivity contribution in [3.63, 3.8) is 0 Å². The predicted octanol–water partition coefficient (Wildman–Crippen LogP) is 12.3. The lowest BCUT2D eigenvalue weighted by molar-refractivity contribution is -0.119. The standard InChI is InChI=1S/C33H66O/c1-3-5-7-9-10-11-12-13-14-15-16-17-18-19-20-21-22-23-24-25-26-27-28-30-32-33(34)31-29-8-6-4-2/h3-32H2,1-2H3. The van der Waals surface area contributed by atoms with E-state index >= 15 is 0 Å². The summed E-state index contributed by atoms with van der Waals surface area (Å²) in [6.45, 7) is 4.53. The molecule has 0 bridgehead atoms. The maximum atomic E-state index is 11.8. The van der Waals surface area contributed by atoms with Gasteiger partial charge in [0.25, 0.3) is 0 Å². The first kappa shape index (κ1) is 33.7. The van der Waals surface area contributed by atoms with Gasteiger partial charge in [0.05, 0.1) is 0 Å². The minimum atomic E-state index is 0.509. The number of unbranched alkanes of at least 4 members (excludes halogenated alkanes) is 26. The Morgan fingerprint density at radius 3 is 0.706 bits per heavy atom. The van der Waals surface area contributed by atoms with Gasteiger partial charge in [-0.05, 0) is 12.8 Å². The average Bonchev–Trinajstić information content (AvgIpc) is 2.84. The van der Waals surface area contributed by atoms with Gasteiger partial charge < -0.3 is 0 Å². The Labute approximate surface area is 217 Å². The molecule has 34 heavy (non-hydrogen) atoms. The molecular formula is C33H66O. The van der Waals surface area contributed by atoms with E-state index in [0.717, 1.165) is 25.7 Å². The molecule has 0 saturated heterocycles. The van der Waals surface area contributed by atoms with Crippen LogP contribution in [0.4, 0.5) is 0 Å². The lowest BCUT2D eigenvalue weighted by Crippen LogP contribution is -1.97. The van der Waals surface area contributed by atoms with Gasteiger partial charge in [0.1, 0.15) is 5.78 Å². The van der Waals surface area contributed by atoms with E-state index < -0.39 is 0 Å². The Balaban J connectivity index is 3.07. The first-order chi connectivity index (χ1) is 16.8. The van der Waals surface area contributed by atoms with Crippen molar-refractivity contribution < 1.29 is 4.79 Å². The van der Waals surface area contributed by atoms with Crippen molar-refractivity contribution >= 4 is 5.78 Å². The molecule has 1 heteroatoms. The van der Waals surface area contributed by atoms with Crippen molar-refractivity contribution in [2.45, 2.75) is 206 Å². The highest BCUT2D eigenvalue weighted by Crippen LogP contribution is 2.16. The highest BCUT2D eigenvalue weighted by molar-refractivity contribution is 5.78. The van der Waals surface area contributed by atoms with Gasteiger partial charge in [-0.3, -0.25) is 4.79 Å². The van der Waals surface area contributed by atoms with Crippen LogP contribution in [0, 0.1) is 0 Å². The third-order valence-electron chi connectivity index (χ3n) is 7.62. The molecule has 0 heterocycles. The van der Waals surface area contributed by atoms with Gasteiger partial charge in [-0.2, -0.15) is 0 Å². The third kappa shape index (κ3) is 29.7. The van der Waals surface area contributed by atoms with Crippen LogP contribution in [0.3, 0.4) is 0 Å². The first-order valence-electron chi connectivity index (χ1n) is 16.3. The quantitative estimate of drug-likeness (QED) is 0.0938. The molecule has 0 spiro atoms. The number of carbonyl (C=O) groups is 1. The van der Waals surface area contributed by atoms with Crippen LogP contribution in [0.15, 0.2) is 0 Å². The summed E-state index contributed by atoms with van der Waals surface area (Å²) in [5.74, 6) is 0.509. The van der Waals surface area contributed by atoms with Gasteiger partial charge in [0.15, 0.2) is 0 Å². The minimum Gasteiger partial charge on any atom is -0.300 e. The van der Waals surface area contributed by atoms with E-state index in [0.29, 0.717) is 5.78 Å². The van der Waals surface area contributed by atoms with Crippen molar-refractivity contribution in [3.8, 4) is 0 Å². The molecule has 0 aromatic heterocycles. The van der Waals surface area contributed by atoms with Crippen LogP contribution in [-0.2, 0) is 4.79 Å². The molecule has 1 nitrogen and oxygen atoms in total. The molecule has 0 aliphatic carbocycles. The summed E-state index contributed by atoms with van der Waals surface area (Å²) in [4.78, 5) is 11.8. The number of rotatable bonds is 30. The molecule has 0 fully saturated rings. The first-order valence-corrected chi connectivity index (χ1v) is 16.3. The van der Waals surface area contributed by atoms with E-state index in [2.05, 4.69) is 13.8 Å². The molecule has 0 amide bonds. The zero-order chi connectivity index (χ0) is 24.8. The molecule has 0 N–H and O–H groups in total. The Morgan fingerprint density at radius 2 is 0.471 bits per heavy atom. The summed E-state index contributed by atoms with van der Waals surface area (Å²) >= 11 is 0. The van der Waals surface area contributed by atoms with Gasteiger partial charge in [-0.1, -0.05) is 181 Å². The van der Waals surface area contributed by atoms with Crippen LogP contribution in [0.25, 0.3) is 0 Å². The summed E-state index contributed by atoms with van der Waals surface area (Å²) in [7, 11) is 0. The van der Waals surface area contributed by atoms with E-state index in [4.69, 9.17) is 0 Å². The molecule has 0 aromatic carbocycles. The second kappa shape index (κ2) is 30.7. The van der Waals surface area contributed by atoms with Crippen molar-refractivity contribution in [1.29, 1.82) is 0 Å². The van der Waals surface area contributed by atoms with Crippen molar-refractivity contribution in [3.05, 3.63) is 0 Å². The Morgan fingerprint density at radius 1 is 0.294 bits per heavy atom. The van der Waals surface area contributed by atoms with Gasteiger partial charge in [-0.25, -0.2) is 0 Å². The third-order valence-corrected chi connectivity index (χ3v) is 7.62. The zero-order valence-corrected chi connectivity index (χ0v) is 24.1. The van der Waals surface area contributed by atoms with Gasteiger partial charge in [-0.15, -0.1) is 0 Å². The topological polar surface area (TPSA) is 17.1 Å². The van der Waals surface area contributed by atoms with Gasteiger partial charge >= 0.3 is 0 Å². The van der Waals surface area contributed by atoms with E-state index in [9.17, 15) is 4.79 Å². The zero-order valence-electron chi connectivity index (χ0n) is 24.1. The van der Waals surface area contributed by atoms with Crippen LogP contribution in [0.5, 0.6) is 0 Å². The highest BCUT2D eigenvalue weighted by atomic mass is 16.1. The van der Waals surface area contributed by atoms with Crippen molar-refractivity contribution in [2.75, 3.05) is 0 Å². The minimum absolute atomic E-state index is 0.509. The molecule has 0 aromatic rings. The van der Waals surface area contributed by atoms with Gasteiger partial charge in [0, 0.05) is 12.8 Å². The van der Waals surface area contributed by atoms with E-state index in [1.54, 1.807) is 0 Å². The molecule has 0 radical (unpaired) electrons. The summed E-state index contributed by atoms with van der Waals surface area (Å²) in [5, 5.41) is 0. The number of carbonyl (C=O) groups excluding carboxylic acids is 1. The summed E-state index contributed by atoms with van der Waals surface area (Å²) < 4.78 is 0. The molecule has 204 valence electrons. The van der Waals surface area contributed by atoms with E-state index in [1.165, 1.54) is 167 Å². The lowest BCUT2D eigenvalue weighted by atomic mass is 10.0. The van der Waals surface area contributed by atoms with Crippen LogP contribution < -0.4 is 0 Å². The number of hydrogen-bond donors (Lipinski definition) is 0. The predicted molar refractivity (Wildman–Crippen MR) is 155 cm³/mol. The number of Topliss-reactive ketones (excluding diaryl/α,β-unsaturated/α-hetero) is 1. The Kier molecular flexibility index (Phi) is 30.4. The fraction of sp³-hybridized carbons (Fsp3) is 0.970. The summed E-state index contributed by atoms with van der Waals surface area (Å²) in [6.07, 6.45) is 40.8. The molecule has 0 aliphatic heterocycles. The van der Waals surface area contributed by atoms with Gasteiger partial charge in [0.2, 0.25) is 0 Å². The van der Waals surface area contributed by atoms with Crippen molar-refractivity contribution in [1.82, 2.24) is 0 Å². The largest absolute Gasteiger partial charge is 0.300 e. The highest BCUT2D eigenvalue weighted by Gasteiger charge is 2.01. The monoisotopic (exact) mass is 479 g/mol. The smallest absolute Gasteiger partial charge is 0.132 e. The fourth-order valence-electron chi connectivity index (χ4n) is 5.16. The van der Waals surface area contributed by atoms with E-state index in [1.807, 2.05) is 0 Å². The van der Waals surface area contributed by atoms with Crippen LogP contribution >= 0.6 is 0 Å². The molecular weight excluding hydrogens is 412 g/mol. The second-order valence-corrected chi connectivity index (χ2v) is 11.2. The average molecular weight is 479 g/mol. The van der Waals surface area contributed by atoms with Crippen LogP contribution in [-0.4, -0.2) is 5.78 Å². The maximum Gasteiger partial charge on any atom is 0.132 e. The van der Waals surface area contributed by atoms with Crippen LogP contribution in [0.2, 0.25) is 0 Å². The number of ketones is 1. The fourth-order valence-corrected chi connectivity index (χ4v) is 5.16. The number of hydrogen-bond acceptors (Lipinski definition) is 1. The second-order valence-electron chi connectivity index (χ2n) is 11.2. The maximum absolute atomic E-state index is 11.8. The van der Waals surface area contributed by atoms with Crippen molar-refractivity contribution in [2.24, 2.45) is 0 Å². The van der Waals surface area contributed by atoms with Crippen LogP contribution in [0.1, 0.15) is 206 Å². The summed E-state index contributed by atoms with van der Waals surface area (Å²) in [5.41, 5.74) is 0. The lowest BCUT2D eigenvalue weighted by Gasteiger charge is -2.04. The Bertz CT molecular complexity index is 375. The molecule has 0 aliphatic rings. The molecule has 0 unspecified atom stereocenters. The molecule has 0 saturated carbocycles. The SMILES string of the molecule is CCCCCCCCCCCCCCCCCCCCCCCCCCC(=O)CCCCCC. The molecule has 0 atom stereocenters. The summed E-state index contributed by atoms with van der Waals surface area (Å²) in [6, 6.07) is 0. The van der Waals surface area contributed by atoms with E-state index in [-0.39, 0.29) is 0 Å². The normalized spacial score (nSPS) is 11.4. The Hall–Kier alpha value is -0.330. The molecule has 0 rings (SSSR count).